The minimum absolute atomic E-state index is 0.231. The Kier molecular flexibility index (Phi) is 6.86. The van der Waals surface area contributed by atoms with Crippen LogP contribution in [0.3, 0.4) is 0 Å². The van der Waals surface area contributed by atoms with Gasteiger partial charge in [-0.3, -0.25) is 4.98 Å². The first-order chi connectivity index (χ1) is 15.3. The van der Waals surface area contributed by atoms with Gasteiger partial charge in [-0.15, -0.1) is 0 Å². The lowest BCUT2D eigenvalue weighted by Crippen LogP contribution is -2.46. The Morgan fingerprint density at radius 3 is 2.66 bits per heavy atom. The average molecular weight is 439 g/mol. The van der Waals surface area contributed by atoms with E-state index in [1.807, 2.05) is 13.0 Å². The minimum Gasteiger partial charge on any atom is -0.506 e. The van der Waals surface area contributed by atoms with Gasteiger partial charge in [-0.2, -0.15) is 0 Å². The van der Waals surface area contributed by atoms with Gasteiger partial charge in [0.15, 0.2) is 0 Å². The largest absolute Gasteiger partial charge is 0.506 e. The molecule has 1 atom stereocenters. The van der Waals surface area contributed by atoms with Crippen LogP contribution in [0.5, 0.6) is 5.75 Å². The van der Waals surface area contributed by atoms with Crippen LogP contribution in [-0.4, -0.2) is 56.3 Å². The molecule has 0 radical (unpaired) electrons. The number of likely N-dealkylation sites (tertiary alicyclic amines) is 1. The Morgan fingerprint density at radius 1 is 1.19 bits per heavy atom. The van der Waals surface area contributed by atoms with Crippen LogP contribution >= 0.6 is 0 Å². The summed E-state index contributed by atoms with van der Waals surface area (Å²) in [5, 5.41) is 14.1. The van der Waals surface area contributed by atoms with Crippen LogP contribution < -0.4 is 11.1 Å². The normalized spacial score (nSPS) is 18.5. The number of aromatic hydroxyl groups is 1. The van der Waals surface area contributed by atoms with E-state index in [9.17, 15) is 5.11 Å². The van der Waals surface area contributed by atoms with Crippen LogP contribution in [0.1, 0.15) is 62.8 Å². The molecule has 1 unspecified atom stereocenters. The Bertz CT molecular complexity index is 971. The average Bonchev–Trinajstić information content (AvgIpc) is 3.10. The molecule has 7 nitrogen and oxygen atoms in total. The second-order valence-corrected chi connectivity index (χ2v) is 9.79. The van der Waals surface area contributed by atoms with Crippen molar-refractivity contribution in [2.24, 2.45) is 11.7 Å². The number of nitrogens with one attached hydrogen (secondary N) is 1. The lowest BCUT2D eigenvalue weighted by molar-refractivity contribution is 0.194. The van der Waals surface area contributed by atoms with Crippen molar-refractivity contribution in [3.05, 3.63) is 41.0 Å². The second-order valence-electron chi connectivity index (χ2n) is 9.79. The highest BCUT2D eigenvalue weighted by Crippen LogP contribution is 2.31. The molecule has 32 heavy (non-hydrogen) atoms. The van der Waals surface area contributed by atoms with Crippen molar-refractivity contribution in [2.45, 2.75) is 72.0 Å². The van der Waals surface area contributed by atoms with Crippen molar-refractivity contribution in [3.63, 3.8) is 0 Å². The Labute approximate surface area is 191 Å². The highest BCUT2D eigenvalue weighted by Gasteiger charge is 2.26. The van der Waals surface area contributed by atoms with E-state index in [0.29, 0.717) is 24.2 Å². The van der Waals surface area contributed by atoms with E-state index in [4.69, 9.17) is 10.7 Å². The molecule has 1 saturated heterocycles. The number of hydrogen-bond donors (Lipinski definition) is 3. The molecule has 2 aromatic heterocycles. The van der Waals surface area contributed by atoms with Gasteiger partial charge in [0, 0.05) is 43.1 Å². The van der Waals surface area contributed by atoms with Crippen LogP contribution in [0.4, 0.5) is 5.95 Å². The Hall–Kier alpha value is -2.38. The number of hydrogen-bond acceptors (Lipinski definition) is 6. The highest BCUT2D eigenvalue weighted by atomic mass is 16.3. The zero-order chi connectivity index (χ0) is 22.8. The fourth-order valence-corrected chi connectivity index (χ4v) is 4.68. The van der Waals surface area contributed by atoms with E-state index in [1.165, 1.54) is 11.3 Å². The summed E-state index contributed by atoms with van der Waals surface area (Å²) in [5.41, 5.74) is 11.4. The molecule has 0 saturated carbocycles. The minimum atomic E-state index is 0.231. The molecule has 4 N–H and O–H groups in total. The number of aromatic nitrogens is 3. The second kappa shape index (κ2) is 9.63. The molecule has 4 rings (SSSR count). The van der Waals surface area contributed by atoms with Crippen molar-refractivity contribution in [2.75, 3.05) is 25.0 Å². The summed E-state index contributed by atoms with van der Waals surface area (Å²) in [4.78, 5) is 12.1. The fourth-order valence-electron chi connectivity index (χ4n) is 4.68. The molecule has 2 aromatic rings. The first kappa shape index (κ1) is 22.8. The van der Waals surface area contributed by atoms with Gasteiger partial charge in [0.25, 0.3) is 0 Å². The molecule has 2 aliphatic rings. The third-order valence-electron chi connectivity index (χ3n) is 6.92. The molecule has 174 valence electrons. The SMILES string of the molecule is CC1=CCCc2c1nc(NC1CCN(CC(N)C(C)C)CC1)n2Cc1nc(C)ccc1O. The first-order valence-electron chi connectivity index (χ1n) is 12.0. The van der Waals surface area contributed by atoms with E-state index in [1.54, 1.807) is 6.07 Å². The quantitative estimate of drug-likeness (QED) is 0.612. The van der Waals surface area contributed by atoms with E-state index < -0.39 is 0 Å². The number of rotatable bonds is 7. The summed E-state index contributed by atoms with van der Waals surface area (Å²) < 4.78 is 2.23. The van der Waals surface area contributed by atoms with Crippen LogP contribution in [0.2, 0.25) is 0 Å². The number of aryl methyl sites for hydroxylation is 1. The number of nitrogens with two attached hydrogens (primary N) is 1. The number of fused-ring (bicyclic) bond motifs is 1. The van der Waals surface area contributed by atoms with E-state index in [0.717, 1.165) is 62.7 Å². The molecule has 0 aromatic carbocycles. The zero-order valence-electron chi connectivity index (χ0n) is 19.9. The molecule has 1 fully saturated rings. The lowest BCUT2D eigenvalue weighted by Gasteiger charge is -2.34. The van der Waals surface area contributed by atoms with Crippen LogP contribution in [0, 0.1) is 12.8 Å². The fraction of sp³-hybridized carbons (Fsp3) is 0.600. The van der Waals surface area contributed by atoms with E-state index in [-0.39, 0.29) is 11.8 Å². The monoisotopic (exact) mass is 438 g/mol. The van der Waals surface area contributed by atoms with Crippen molar-refractivity contribution in [3.8, 4) is 5.75 Å². The maximum atomic E-state index is 10.4. The number of piperidine rings is 1. The number of anilines is 1. The van der Waals surface area contributed by atoms with Crippen molar-refractivity contribution in [1.82, 2.24) is 19.4 Å². The molecular weight excluding hydrogens is 400 g/mol. The molecule has 1 aliphatic carbocycles. The molecule has 0 spiro atoms. The van der Waals surface area contributed by atoms with Crippen molar-refractivity contribution >= 4 is 11.5 Å². The topological polar surface area (TPSA) is 92.2 Å². The summed E-state index contributed by atoms with van der Waals surface area (Å²) in [6, 6.07) is 4.19. The predicted octanol–water partition coefficient (Wildman–Crippen LogP) is 3.55. The standard InChI is InChI=1S/C25H38N6O/c1-16(2)20(26)14-30-12-10-19(11-13-30)28-25-29-24-17(3)6-5-7-22(24)31(25)15-21-23(32)9-8-18(4)27-21/h6,8-9,16,19-20,32H,5,7,10-15,26H2,1-4H3,(H,28,29). The van der Waals surface area contributed by atoms with Crippen molar-refractivity contribution < 1.29 is 5.11 Å². The summed E-state index contributed by atoms with van der Waals surface area (Å²) >= 11 is 0. The van der Waals surface area contributed by atoms with Gasteiger partial charge in [0.1, 0.15) is 11.4 Å². The van der Waals surface area contributed by atoms with Gasteiger partial charge in [0.05, 0.1) is 12.2 Å². The molecule has 7 heteroatoms. The van der Waals surface area contributed by atoms with Crippen LogP contribution in [0.25, 0.3) is 5.57 Å². The lowest BCUT2D eigenvalue weighted by atomic mass is 10.0. The van der Waals surface area contributed by atoms with Gasteiger partial charge in [-0.25, -0.2) is 4.98 Å². The van der Waals surface area contributed by atoms with E-state index in [2.05, 4.69) is 46.6 Å². The van der Waals surface area contributed by atoms with Crippen LogP contribution in [0.15, 0.2) is 18.2 Å². The van der Waals surface area contributed by atoms with E-state index >= 15 is 0 Å². The summed E-state index contributed by atoms with van der Waals surface area (Å²) in [6.45, 7) is 12.1. The number of imidazole rings is 1. The maximum absolute atomic E-state index is 10.4. The number of allylic oxidation sites excluding steroid dienone is 2. The molecule has 3 heterocycles. The highest BCUT2D eigenvalue weighted by molar-refractivity contribution is 5.66. The van der Waals surface area contributed by atoms with Gasteiger partial charge in [-0.05, 0) is 63.2 Å². The van der Waals surface area contributed by atoms with Gasteiger partial charge < -0.3 is 25.6 Å². The van der Waals surface area contributed by atoms with Gasteiger partial charge in [0.2, 0.25) is 5.95 Å². The molecule has 1 aliphatic heterocycles. The predicted molar refractivity (Wildman–Crippen MR) is 130 cm³/mol. The first-order valence-corrected chi connectivity index (χ1v) is 12.0. The molecule has 0 amide bonds. The molecule has 0 bridgehead atoms. The summed E-state index contributed by atoms with van der Waals surface area (Å²) in [6.07, 6.45) is 6.39. The van der Waals surface area contributed by atoms with Crippen molar-refractivity contribution in [1.29, 1.82) is 0 Å². The van der Waals surface area contributed by atoms with Crippen LogP contribution in [-0.2, 0) is 13.0 Å². The molecular formula is C25H38N6O. The number of nitrogens with zero attached hydrogens (tertiary/aromatic N) is 4. The summed E-state index contributed by atoms with van der Waals surface area (Å²) in [7, 11) is 0. The van der Waals surface area contributed by atoms with Gasteiger partial charge in [-0.1, -0.05) is 19.9 Å². The van der Waals surface area contributed by atoms with Gasteiger partial charge >= 0.3 is 0 Å². The summed E-state index contributed by atoms with van der Waals surface area (Å²) in [5.74, 6) is 1.64. The Balaban J connectivity index is 1.52. The third kappa shape index (κ3) is 4.99. The zero-order valence-corrected chi connectivity index (χ0v) is 19.9. The smallest absolute Gasteiger partial charge is 0.204 e. The maximum Gasteiger partial charge on any atom is 0.204 e. The Morgan fingerprint density at radius 2 is 1.94 bits per heavy atom. The number of pyridine rings is 1. The third-order valence-corrected chi connectivity index (χ3v) is 6.92.